The van der Waals surface area contributed by atoms with Crippen molar-refractivity contribution < 1.29 is 0 Å². The second-order valence-electron chi connectivity index (χ2n) is 3.38. The third-order valence-electron chi connectivity index (χ3n) is 2.29. The average Bonchev–Trinajstić information content (AvgIpc) is 2.20. The molecule has 0 spiro atoms. The highest BCUT2D eigenvalue weighted by atomic mass is 15.3. The highest BCUT2D eigenvalue weighted by molar-refractivity contribution is 6.01. The van der Waals surface area contributed by atoms with Gasteiger partial charge in [-0.25, -0.2) is 4.99 Å². The van der Waals surface area contributed by atoms with Crippen LogP contribution >= 0.6 is 0 Å². The van der Waals surface area contributed by atoms with Gasteiger partial charge in [0.2, 0.25) is 0 Å². The Kier molecular flexibility index (Phi) is 2.31. The third kappa shape index (κ3) is 1.66. The molecule has 0 unspecified atom stereocenters. The second kappa shape index (κ2) is 3.62. The number of aliphatic imine (C=N–C) groups is 2. The Bertz CT molecular complexity index is 376. The number of hydrogen-bond donors (Lipinski definition) is 0. The summed E-state index contributed by atoms with van der Waals surface area (Å²) in [5.41, 5.74) is 2.41. The fraction of sp³-hybridized carbons (Fsp3) is 0.273. The molecule has 0 bridgehead atoms. The molecule has 1 aliphatic heterocycles. The Hall–Kier alpha value is -1.64. The minimum Gasteiger partial charge on any atom is -0.310 e. The van der Waals surface area contributed by atoms with Crippen LogP contribution in [0.1, 0.15) is 12.5 Å². The molecule has 2 rings (SSSR count). The van der Waals surface area contributed by atoms with Crippen molar-refractivity contribution >= 4 is 17.9 Å². The van der Waals surface area contributed by atoms with Gasteiger partial charge in [-0.3, -0.25) is 4.99 Å². The van der Waals surface area contributed by atoms with Gasteiger partial charge in [-0.1, -0.05) is 17.7 Å². The predicted octanol–water partition coefficient (Wildman–Crippen LogP) is 2.22. The smallest absolute Gasteiger partial charge is 0.117 e. The van der Waals surface area contributed by atoms with Crippen LogP contribution in [0, 0.1) is 6.92 Å². The van der Waals surface area contributed by atoms with E-state index in [2.05, 4.69) is 46.1 Å². The zero-order chi connectivity index (χ0) is 9.97. The molecular formula is C11H13N3. The van der Waals surface area contributed by atoms with Crippen molar-refractivity contribution in [2.75, 3.05) is 11.6 Å². The Morgan fingerprint density at radius 2 is 1.86 bits per heavy atom. The first-order valence-corrected chi connectivity index (χ1v) is 4.64. The van der Waals surface area contributed by atoms with E-state index in [0.717, 1.165) is 11.5 Å². The molecule has 1 heterocycles. The minimum absolute atomic E-state index is 0.665. The van der Waals surface area contributed by atoms with E-state index in [1.807, 2.05) is 6.92 Å². The first-order valence-electron chi connectivity index (χ1n) is 4.64. The van der Waals surface area contributed by atoms with Crippen molar-refractivity contribution in [3.8, 4) is 0 Å². The van der Waals surface area contributed by atoms with Gasteiger partial charge in [-0.15, -0.1) is 0 Å². The lowest BCUT2D eigenvalue weighted by molar-refractivity contribution is 0.990. The first-order chi connectivity index (χ1) is 6.77. The van der Waals surface area contributed by atoms with E-state index in [4.69, 9.17) is 0 Å². The third-order valence-corrected chi connectivity index (χ3v) is 2.29. The largest absolute Gasteiger partial charge is 0.310 e. The van der Waals surface area contributed by atoms with Crippen LogP contribution in [0.5, 0.6) is 0 Å². The fourth-order valence-corrected chi connectivity index (χ4v) is 1.41. The lowest BCUT2D eigenvalue weighted by Gasteiger charge is -2.23. The highest BCUT2D eigenvalue weighted by Gasteiger charge is 2.10. The Labute approximate surface area is 83.8 Å². The summed E-state index contributed by atoms with van der Waals surface area (Å²) in [7, 11) is 0. The zero-order valence-electron chi connectivity index (χ0n) is 8.44. The number of rotatable bonds is 1. The minimum atomic E-state index is 0.665. The van der Waals surface area contributed by atoms with Gasteiger partial charge in [-0.05, 0) is 26.0 Å². The van der Waals surface area contributed by atoms with Gasteiger partial charge in [0.1, 0.15) is 18.8 Å². The summed E-state index contributed by atoms with van der Waals surface area (Å²) in [5.74, 6) is 0.990. The van der Waals surface area contributed by atoms with E-state index >= 15 is 0 Å². The van der Waals surface area contributed by atoms with Crippen molar-refractivity contribution in [2.45, 2.75) is 13.8 Å². The maximum atomic E-state index is 4.16. The van der Waals surface area contributed by atoms with Crippen LogP contribution in [0.15, 0.2) is 34.3 Å². The number of benzene rings is 1. The van der Waals surface area contributed by atoms with Crippen LogP contribution in [0.4, 0.5) is 5.69 Å². The number of anilines is 1. The average molecular weight is 187 g/mol. The van der Waals surface area contributed by atoms with Gasteiger partial charge in [0.25, 0.3) is 0 Å². The molecule has 0 saturated heterocycles. The van der Waals surface area contributed by atoms with E-state index in [1.54, 1.807) is 6.34 Å². The van der Waals surface area contributed by atoms with Gasteiger partial charge in [0.05, 0.1) is 0 Å². The lowest BCUT2D eigenvalue weighted by Crippen LogP contribution is -2.31. The summed E-state index contributed by atoms with van der Waals surface area (Å²) >= 11 is 0. The molecular weight excluding hydrogens is 174 g/mol. The van der Waals surface area contributed by atoms with Crippen molar-refractivity contribution in [1.29, 1.82) is 0 Å². The topological polar surface area (TPSA) is 28.0 Å². The Morgan fingerprint density at radius 3 is 2.50 bits per heavy atom. The maximum Gasteiger partial charge on any atom is 0.117 e. The molecule has 0 fully saturated rings. The molecule has 0 amide bonds. The fourth-order valence-electron chi connectivity index (χ4n) is 1.41. The van der Waals surface area contributed by atoms with Gasteiger partial charge < -0.3 is 4.90 Å². The summed E-state index contributed by atoms with van der Waals surface area (Å²) in [6, 6.07) is 8.38. The lowest BCUT2D eigenvalue weighted by atomic mass is 10.2. The summed E-state index contributed by atoms with van der Waals surface area (Å²) in [6.07, 6.45) is 1.61. The zero-order valence-corrected chi connectivity index (χ0v) is 8.44. The predicted molar refractivity (Wildman–Crippen MR) is 60.1 cm³/mol. The molecule has 0 aromatic heterocycles. The van der Waals surface area contributed by atoms with Crippen molar-refractivity contribution in [3.63, 3.8) is 0 Å². The number of hydrogen-bond acceptors (Lipinski definition) is 3. The molecule has 3 nitrogen and oxygen atoms in total. The second-order valence-corrected chi connectivity index (χ2v) is 3.38. The van der Waals surface area contributed by atoms with Crippen LogP contribution in [-0.2, 0) is 0 Å². The molecule has 1 aliphatic rings. The first kappa shape index (κ1) is 8.94. The normalized spacial score (nSPS) is 15.6. The number of nitrogens with zero attached hydrogens (tertiary/aromatic N) is 3. The van der Waals surface area contributed by atoms with E-state index < -0.39 is 0 Å². The van der Waals surface area contributed by atoms with Crippen molar-refractivity contribution in [2.24, 2.45) is 9.98 Å². The summed E-state index contributed by atoms with van der Waals surface area (Å²) in [5, 5.41) is 0. The van der Waals surface area contributed by atoms with E-state index in [0.29, 0.717) is 6.67 Å². The summed E-state index contributed by atoms with van der Waals surface area (Å²) in [6.45, 7) is 4.74. The standard InChI is InChI=1S/C11H13N3/c1-9-3-5-11(6-4-9)14-8-12-7-13-10(14)2/h3-7H,8H2,1-2H3. The molecule has 14 heavy (non-hydrogen) atoms. The molecule has 0 aliphatic carbocycles. The Morgan fingerprint density at radius 1 is 1.14 bits per heavy atom. The van der Waals surface area contributed by atoms with Gasteiger partial charge in [0, 0.05) is 5.69 Å². The molecule has 1 aromatic carbocycles. The van der Waals surface area contributed by atoms with Gasteiger partial charge >= 0.3 is 0 Å². The molecule has 1 aromatic rings. The number of amidine groups is 1. The maximum absolute atomic E-state index is 4.16. The van der Waals surface area contributed by atoms with Crippen LogP contribution in [-0.4, -0.2) is 18.8 Å². The monoisotopic (exact) mass is 187 g/mol. The van der Waals surface area contributed by atoms with Crippen LogP contribution in [0.25, 0.3) is 0 Å². The van der Waals surface area contributed by atoms with Crippen LogP contribution in [0.2, 0.25) is 0 Å². The van der Waals surface area contributed by atoms with Crippen LogP contribution < -0.4 is 4.90 Å². The molecule has 3 heteroatoms. The SMILES string of the molecule is CC1=NC=NCN1c1ccc(C)cc1. The van der Waals surface area contributed by atoms with Gasteiger partial charge in [0.15, 0.2) is 0 Å². The quantitative estimate of drug-likeness (QED) is 0.662. The van der Waals surface area contributed by atoms with Crippen LogP contribution in [0.3, 0.4) is 0 Å². The van der Waals surface area contributed by atoms with Crippen molar-refractivity contribution in [1.82, 2.24) is 0 Å². The number of aryl methyl sites for hydroxylation is 1. The summed E-state index contributed by atoms with van der Waals surface area (Å²) < 4.78 is 0. The van der Waals surface area contributed by atoms with Gasteiger partial charge in [-0.2, -0.15) is 0 Å². The van der Waals surface area contributed by atoms with E-state index in [-0.39, 0.29) is 0 Å². The highest BCUT2D eigenvalue weighted by Crippen LogP contribution is 2.16. The van der Waals surface area contributed by atoms with Crippen molar-refractivity contribution in [3.05, 3.63) is 29.8 Å². The molecule has 0 N–H and O–H groups in total. The van der Waals surface area contributed by atoms with E-state index in [9.17, 15) is 0 Å². The molecule has 0 saturated carbocycles. The molecule has 72 valence electrons. The summed E-state index contributed by atoms with van der Waals surface area (Å²) in [4.78, 5) is 10.4. The Balaban J connectivity index is 2.27. The van der Waals surface area contributed by atoms with E-state index in [1.165, 1.54) is 5.56 Å². The molecule has 0 atom stereocenters. The molecule has 0 radical (unpaired) electrons.